The molecule has 3 nitrogen and oxygen atoms in total. The van der Waals surface area contributed by atoms with Crippen molar-refractivity contribution in [1.82, 2.24) is 9.80 Å². The number of hydrogen-bond acceptors (Lipinski definition) is 3. The summed E-state index contributed by atoms with van der Waals surface area (Å²) in [5.41, 5.74) is 6.61. The number of rotatable bonds is 5. The Balaban J connectivity index is 1.44. The summed E-state index contributed by atoms with van der Waals surface area (Å²) in [7, 11) is 0. The second kappa shape index (κ2) is 6.76. The Morgan fingerprint density at radius 1 is 0.950 bits per heavy atom. The molecule has 116 valence electrons. The molecule has 1 saturated carbocycles. The quantitative estimate of drug-likeness (QED) is 0.839. The number of nitrogens with two attached hydrogens (primary N) is 1. The van der Waals surface area contributed by atoms with Gasteiger partial charge >= 0.3 is 0 Å². The molecule has 0 aromatic heterocycles. The standard InChI is InChI=1S/C17H33N3/c18-15-17(7-2-1-3-8-17)9-13-19-12-6-16(14-19)20-10-4-5-11-20/h16H,1-15,18H2. The molecule has 3 fully saturated rings. The Kier molecular flexibility index (Phi) is 5.00. The Bertz CT molecular complexity index is 293. The second-order valence-corrected chi connectivity index (χ2v) is 7.50. The lowest BCUT2D eigenvalue weighted by Crippen LogP contribution is -2.38. The lowest BCUT2D eigenvalue weighted by Gasteiger charge is -2.37. The monoisotopic (exact) mass is 279 g/mol. The fourth-order valence-corrected chi connectivity index (χ4v) is 4.67. The van der Waals surface area contributed by atoms with Gasteiger partial charge in [-0.25, -0.2) is 0 Å². The van der Waals surface area contributed by atoms with Gasteiger partial charge in [-0.2, -0.15) is 0 Å². The molecule has 2 heterocycles. The number of nitrogens with zero attached hydrogens (tertiary/aromatic N) is 2. The van der Waals surface area contributed by atoms with E-state index < -0.39 is 0 Å². The minimum Gasteiger partial charge on any atom is -0.330 e. The van der Waals surface area contributed by atoms with Gasteiger partial charge in [0.15, 0.2) is 0 Å². The highest BCUT2D eigenvalue weighted by Gasteiger charge is 2.33. The van der Waals surface area contributed by atoms with Crippen molar-refractivity contribution in [2.75, 3.05) is 39.3 Å². The van der Waals surface area contributed by atoms with Crippen LogP contribution in [0, 0.1) is 5.41 Å². The molecule has 2 saturated heterocycles. The zero-order chi connectivity index (χ0) is 13.8. The fraction of sp³-hybridized carbons (Fsp3) is 1.00. The molecule has 2 aliphatic heterocycles. The van der Waals surface area contributed by atoms with Gasteiger partial charge in [0, 0.05) is 12.6 Å². The van der Waals surface area contributed by atoms with Crippen molar-refractivity contribution in [3.8, 4) is 0 Å². The molecule has 3 aliphatic rings. The molecule has 1 atom stereocenters. The average molecular weight is 279 g/mol. The largest absolute Gasteiger partial charge is 0.330 e. The molecule has 2 N–H and O–H groups in total. The minimum atomic E-state index is 0.490. The first-order valence-electron chi connectivity index (χ1n) is 8.98. The van der Waals surface area contributed by atoms with Crippen LogP contribution in [-0.2, 0) is 0 Å². The molecule has 0 amide bonds. The average Bonchev–Trinajstić information content (AvgIpc) is 3.17. The van der Waals surface area contributed by atoms with E-state index in [0.29, 0.717) is 5.41 Å². The molecule has 0 aromatic carbocycles. The van der Waals surface area contributed by atoms with Crippen LogP contribution in [0.25, 0.3) is 0 Å². The smallest absolute Gasteiger partial charge is 0.0235 e. The zero-order valence-electron chi connectivity index (χ0n) is 13.2. The first-order valence-corrected chi connectivity index (χ1v) is 8.98. The predicted molar refractivity (Wildman–Crippen MR) is 84.8 cm³/mol. The summed E-state index contributed by atoms with van der Waals surface area (Å²) in [5, 5.41) is 0. The summed E-state index contributed by atoms with van der Waals surface area (Å²) in [6.45, 7) is 7.55. The van der Waals surface area contributed by atoms with E-state index in [1.807, 2.05) is 0 Å². The summed E-state index contributed by atoms with van der Waals surface area (Å²) < 4.78 is 0. The first-order chi connectivity index (χ1) is 9.81. The molecule has 0 aromatic rings. The third kappa shape index (κ3) is 3.37. The van der Waals surface area contributed by atoms with Crippen molar-refractivity contribution in [3.05, 3.63) is 0 Å². The Hall–Kier alpha value is -0.120. The summed E-state index contributed by atoms with van der Waals surface area (Å²) in [6.07, 6.45) is 12.6. The third-order valence-corrected chi connectivity index (χ3v) is 6.21. The van der Waals surface area contributed by atoms with E-state index in [9.17, 15) is 0 Å². The summed E-state index contributed by atoms with van der Waals surface area (Å²) >= 11 is 0. The van der Waals surface area contributed by atoms with Crippen LogP contribution < -0.4 is 5.73 Å². The predicted octanol–water partition coefficient (Wildman–Crippen LogP) is 2.46. The van der Waals surface area contributed by atoms with Crippen LogP contribution in [0.3, 0.4) is 0 Å². The molecule has 0 bridgehead atoms. The van der Waals surface area contributed by atoms with Gasteiger partial charge in [0.2, 0.25) is 0 Å². The first kappa shape index (κ1) is 14.8. The molecule has 0 spiro atoms. The van der Waals surface area contributed by atoms with Gasteiger partial charge in [0.05, 0.1) is 0 Å². The Morgan fingerprint density at radius 2 is 1.70 bits per heavy atom. The summed E-state index contributed by atoms with van der Waals surface area (Å²) in [4.78, 5) is 5.45. The minimum absolute atomic E-state index is 0.490. The molecule has 3 heteroatoms. The summed E-state index contributed by atoms with van der Waals surface area (Å²) in [5.74, 6) is 0. The summed E-state index contributed by atoms with van der Waals surface area (Å²) in [6, 6.07) is 0.859. The van der Waals surface area contributed by atoms with Crippen molar-refractivity contribution in [1.29, 1.82) is 0 Å². The second-order valence-electron chi connectivity index (χ2n) is 7.50. The van der Waals surface area contributed by atoms with E-state index in [4.69, 9.17) is 5.73 Å². The fourth-order valence-electron chi connectivity index (χ4n) is 4.67. The van der Waals surface area contributed by atoms with Gasteiger partial charge < -0.3 is 10.6 Å². The van der Waals surface area contributed by atoms with Crippen LogP contribution in [-0.4, -0.2) is 55.1 Å². The third-order valence-electron chi connectivity index (χ3n) is 6.21. The van der Waals surface area contributed by atoms with Crippen molar-refractivity contribution in [2.45, 2.75) is 63.8 Å². The Labute approximate surface area is 124 Å². The molecular formula is C17H33N3. The van der Waals surface area contributed by atoms with Crippen LogP contribution in [0.1, 0.15) is 57.8 Å². The van der Waals surface area contributed by atoms with E-state index in [-0.39, 0.29) is 0 Å². The van der Waals surface area contributed by atoms with E-state index in [2.05, 4.69) is 9.80 Å². The van der Waals surface area contributed by atoms with Crippen molar-refractivity contribution >= 4 is 0 Å². The van der Waals surface area contributed by atoms with Crippen LogP contribution in [0.4, 0.5) is 0 Å². The molecule has 1 aliphatic carbocycles. The highest BCUT2D eigenvalue weighted by atomic mass is 15.3. The van der Waals surface area contributed by atoms with Gasteiger partial charge in [-0.15, -0.1) is 0 Å². The maximum atomic E-state index is 6.12. The van der Waals surface area contributed by atoms with Crippen molar-refractivity contribution in [2.24, 2.45) is 11.1 Å². The van der Waals surface area contributed by atoms with Crippen molar-refractivity contribution < 1.29 is 0 Å². The number of likely N-dealkylation sites (tertiary alicyclic amines) is 2. The van der Waals surface area contributed by atoms with E-state index in [0.717, 1.165) is 12.6 Å². The maximum Gasteiger partial charge on any atom is 0.0235 e. The van der Waals surface area contributed by atoms with Gasteiger partial charge in [-0.1, -0.05) is 19.3 Å². The highest BCUT2D eigenvalue weighted by molar-refractivity contribution is 4.89. The van der Waals surface area contributed by atoms with Crippen LogP contribution in [0.15, 0.2) is 0 Å². The SMILES string of the molecule is NCC1(CCN2CCC(N3CCCC3)C2)CCCCC1. The highest BCUT2D eigenvalue weighted by Crippen LogP contribution is 2.38. The van der Waals surface area contributed by atoms with Gasteiger partial charge in [0.25, 0.3) is 0 Å². The van der Waals surface area contributed by atoms with Crippen LogP contribution in [0.2, 0.25) is 0 Å². The van der Waals surface area contributed by atoms with Crippen LogP contribution >= 0.6 is 0 Å². The van der Waals surface area contributed by atoms with E-state index in [1.54, 1.807) is 0 Å². The maximum absolute atomic E-state index is 6.12. The Morgan fingerprint density at radius 3 is 2.40 bits per heavy atom. The molecule has 3 rings (SSSR count). The zero-order valence-corrected chi connectivity index (χ0v) is 13.2. The lowest BCUT2D eigenvalue weighted by molar-refractivity contribution is 0.151. The number of hydrogen-bond donors (Lipinski definition) is 1. The normalized spacial score (nSPS) is 31.9. The molecule has 0 radical (unpaired) electrons. The molecule has 20 heavy (non-hydrogen) atoms. The molecule has 1 unspecified atom stereocenters. The molecular weight excluding hydrogens is 246 g/mol. The van der Waals surface area contributed by atoms with E-state index in [1.165, 1.54) is 90.5 Å². The van der Waals surface area contributed by atoms with E-state index >= 15 is 0 Å². The van der Waals surface area contributed by atoms with Gasteiger partial charge in [-0.05, 0) is 76.7 Å². The lowest BCUT2D eigenvalue weighted by atomic mass is 9.72. The van der Waals surface area contributed by atoms with Gasteiger partial charge in [-0.3, -0.25) is 4.90 Å². The van der Waals surface area contributed by atoms with Crippen molar-refractivity contribution in [3.63, 3.8) is 0 Å². The topological polar surface area (TPSA) is 32.5 Å². The van der Waals surface area contributed by atoms with Crippen LogP contribution in [0.5, 0.6) is 0 Å². The van der Waals surface area contributed by atoms with Gasteiger partial charge in [0.1, 0.15) is 0 Å².